The lowest BCUT2D eigenvalue weighted by Gasteiger charge is -2.15. The standard InChI is InChI=1S/C15H17FN4O3Si/c1-9-5-12(16)13(20(22)23)6-11(9)14(21)19-15-17-7-10(8-18-15)24(2,3)4/h5-8H,1-4H3,(H,17,18,19,21). The highest BCUT2D eigenvalue weighted by Crippen LogP contribution is 2.22. The van der Waals surface area contributed by atoms with Crippen LogP contribution in [0.15, 0.2) is 24.5 Å². The van der Waals surface area contributed by atoms with E-state index < -0.39 is 30.4 Å². The van der Waals surface area contributed by atoms with Crippen molar-refractivity contribution >= 4 is 30.8 Å². The second-order valence-electron chi connectivity index (χ2n) is 6.38. The minimum Gasteiger partial charge on any atom is -0.290 e. The van der Waals surface area contributed by atoms with Gasteiger partial charge in [0.05, 0.1) is 13.0 Å². The van der Waals surface area contributed by atoms with E-state index in [-0.39, 0.29) is 17.1 Å². The molecule has 1 N–H and O–H groups in total. The summed E-state index contributed by atoms with van der Waals surface area (Å²) in [5, 5.41) is 14.3. The Kier molecular flexibility index (Phi) is 4.74. The van der Waals surface area contributed by atoms with E-state index in [0.717, 1.165) is 17.3 Å². The van der Waals surface area contributed by atoms with Crippen LogP contribution in [0.2, 0.25) is 19.6 Å². The minimum absolute atomic E-state index is 0.000901. The molecule has 0 saturated carbocycles. The van der Waals surface area contributed by atoms with Gasteiger partial charge in [0, 0.05) is 24.0 Å². The molecule has 1 amide bonds. The van der Waals surface area contributed by atoms with Crippen LogP contribution in [-0.2, 0) is 0 Å². The number of hydrogen-bond acceptors (Lipinski definition) is 5. The number of carbonyl (C=O) groups excluding carboxylic acids is 1. The summed E-state index contributed by atoms with van der Waals surface area (Å²) in [6.45, 7) is 7.93. The number of amides is 1. The van der Waals surface area contributed by atoms with Crippen molar-refractivity contribution in [2.75, 3.05) is 5.32 Å². The zero-order chi connectivity index (χ0) is 18.1. The molecule has 0 atom stereocenters. The molecule has 1 heterocycles. The number of carbonyl (C=O) groups is 1. The third kappa shape index (κ3) is 3.80. The van der Waals surface area contributed by atoms with Gasteiger partial charge in [-0.2, -0.15) is 4.39 Å². The van der Waals surface area contributed by atoms with Crippen LogP contribution < -0.4 is 10.5 Å². The number of nitrogens with one attached hydrogen (secondary N) is 1. The van der Waals surface area contributed by atoms with Crippen molar-refractivity contribution in [1.29, 1.82) is 0 Å². The van der Waals surface area contributed by atoms with Gasteiger partial charge in [-0.3, -0.25) is 20.2 Å². The summed E-state index contributed by atoms with van der Waals surface area (Å²) in [4.78, 5) is 30.4. The van der Waals surface area contributed by atoms with E-state index in [0.29, 0.717) is 0 Å². The molecule has 0 aliphatic rings. The Balaban J connectivity index is 2.27. The molecule has 24 heavy (non-hydrogen) atoms. The number of aryl methyl sites for hydroxylation is 1. The Hall–Kier alpha value is -2.68. The van der Waals surface area contributed by atoms with Crippen molar-refractivity contribution in [1.82, 2.24) is 9.97 Å². The molecule has 1 aromatic carbocycles. The number of nitro groups is 1. The molecule has 9 heteroatoms. The van der Waals surface area contributed by atoms with Gasteiger partial charge in [-0.15, -0.1) is 0 Å². The number of rotatable bonds is 4. The van der Waals surface area contributed by atoms with Crippen molar-refractivity contribution < 1.29 is 14.1 Å². The van der Waals surface area contributed by atoms with Crippen LogP contribution in [0.25, 0.3) is 0 Å². The van der Waals surface area contributed by atoms with Gasteiger partial charge in [-0.05, 0) is 23.7 Å². The molecule has 0 radical (unpaired) electrons. The number of nitro benzene ring substituents is 1. The molecule has 1 aromatic heterocycles. The molecular formula is C15H17FN4O3Si. The first-order chi connectivity index (χ1) is 11.1. The van der Waals surface area contributed by atoms with Gasteiger partial charge in [0.25, 0.3) is 5.91 Å². The lowest BCUT2D eigenvalue weighted by Crippen LogP contribution is -2.38. The van der Waals surface area contributed by atoms with E-state index in [2.05, 4.69) is 34.9 Å². The Morgan fingerprint density at radius 2 is 1.83 bits per heavy atom. The number of aromatic nitrogens is 2. The zero-order valence-corrected chi connectivity index (χ0v) is 14.8. The van der Waals surface area contributed by atoms with Crippen LogP contribution in [0, 0.1) is 22.9 Å². The van der Waals surface area contributed by atoms with Crippen molar-refractivity contribution in [3.05, 3.63) is 51.6 Å². The molecule has 2 rings (SSSR count). The average Bonchev–Trinajstić information content (AvgIpc) is 2.46. The monoisotopic (exact) mass is 348 g/mol. The van der Waals surface area contributed by atoms with E-state index in [1.54, 1.807) is 12.4 Å². The van der Waals surface area contributed by atoms with Crippen LogP contribution in [0.5, 0.6) is 0 Å². The SMILES string of the molecule is Cc1cc(F)c([N+](=O)[O-])cc1C(=O)Nc1ncc([Si](C)(C)C)cn1. The summed E-state index contributed by atoms with van der Waals surface area (Å²) < 4.78 is 13.5. The molecule has 0 aliphatic carbocycles. The summed E-state index contributed by atoms with van der Waals surface area (Å²) in [5.41, 5.74) is -0.462. The van der Waals surface area contributed by atoms with Crippen molar-refractivity contribution in [2.24, 2.45) is 0 Å². The van der Waals surface area contributed by atoms with Crippen LogP contribution >= 0.6 is 0 Å². The molecule has 0 spiro atoms. The van der Waals surface area contributed by atoms with Crippen LogP contribution in [0.1, 0.15) is 15.9 Å². The average molecular weight is 348 g/mol. The smallest absolute Gasteiger partial charge is 0.290 e. The predicted molar refractivity (Wildman–Crippen MR) is 90.8 cm³/mol. The second kappa shape index (κ2) is 6.44. The van der Waals surface area contributed by atoms with Gasteiger partial charge in [0.2, 0.25) is 11.8 Å². The van der Waals surface area contributed by atoms with Gasteiger partial charge in [0.1, 0.15) is 0 Å². The van der Waals surface area contributed by atoms with E-state index in [1.807, 2.05) is 0 Å². The number of benzene rings is 1. The Morgan fingerprint density at radius 1 is 1.25 bits per heavy atom. The van der Waals surface area contributed by atoms with E-state index >= 15 is 0 Å². The maximum absolute atomic E-state index is 13.5. The number of hydrogen-bond donors (Lipinski definition) is 1. The number of anilines is 1. The van der Waals surface area contributed by atoms with Crippen LogP contribution in [0.4, 0.5) is 16.0 Å². The molecule has 0 aliphatic heterocycles. The Labute approximate surface area is 139 Å². The van der Waals surface area contributed by atoms with Crippen molar-refractivity contribution in [3.63, 3.8) is 0 Å². The largest absolute Gasteiger partial charge is 0.305 e. The first-order valence-electron chi connectivity index (χ1n) is 7.18. The molecule has 0 saturated heterocycles. The van der Waals surface area contributed by atoms with Gasteiger partial charge in [-0.25, -0.2) is 9.97 Å². The number of halogens is 1. The van der Waals surface area contributed by atoms with Crippen molar-refractivity contribution in [2.45, 2.75) is 26.6 Å². The first-order valence-corrected chi connectivity index (χ1v) is 10.7. The summed E-state index contributed by atoms with van der Waals surface area (Å²) in [7, 11) is -1.55. The highest BCUT2D eigenvalue weighted by molar-refractivity contribution is 6.88. The fraction of sp³-hybridized carbons (Fsp3) is 0.267. The summed E-state index contributed by atoms with van der Waals surface area (Å²) in [6.07, 6.45) is 3.32. The van der Waals surface area contributed by atoms with Gasteiger partial charge in [-0.1, -0.05) is 19.6 Å². The molecule has 7 nitrogen and oxygen atoms in total. The molecule has 126 valence electrons. The number of nitrogens with zero attached hydrogens (tertiary/aromatic N) is 3. The Bertz CT molecular complexity index is 804. The van der Waals surface area contributed by atoms with E-state index in [9.17, 15) is 19.3 Å². The zero-order valence-electron chi connectivity index (χ0n) is 13.8. The Morgan fingerprint density at radius 3 is 2.33 bits per heavy atom. The minimum atomic E-state index is -1.55. The quantitative estimate of drug-likeness (QED) is 0.520. The third-order valence-electron chi connectivity index (χ3n) is 3.48. The summed E-state index contributed by atoms with van der Waals surface area (Å²) in [6, 6.07) is 1.87. The molecule has 0 unspecified atom stereocenters. The summed E-state index contributed by atoms with van der Waals surface area (Å²) >= 11 is 0. The van der Waals surface area contributed by atoms with Gasteiger partial charge < -0.3 is 0 Å². The topological polar surface area (TPSA) is 98.0 Å². The van der Waals surface area contributed by atoms with Gasteiger partial charge >= 0.3 is 5.69 Å². The lowest BCUT2D eigenvalue weighted by molar-refractivity contribution is -0.387. The molecular weight excluding hydrogens is 331 g/mol. The lowest BCUT2D eigenvalue weighted by atomic mass is 10.1. The maximum atomic E-state index is 13.5. The molecule has 0 bridgehead atoms. The predicted octanol–water partition coefficient (Wildman–Crippen LogP) is 2.63. The molecule has 2 aromatic rings. The fourth-order valence-corrected chi connectivity index (χ4v) is 2.90. The third-order valence-corrected chi connectivity index (χ3v) is 5.47. The van der Waals surface area contributed by atoms with Crippen molar-refractivity contribution in [3.8, 4) is 0 Å². The van der Waals surface area contributed by atoms with E-state index in [1.165, 1.54) is 6.92 Å². The normalized spacial score (nSPS) is 11.2. The van der Waals surface area contributed by atoms with E-state index in [4.69, 9.17) is 0 Å². The highest BCUT2D eigenvalue weighted by atomic mass is 28.3. The van der Waals surface area contributed by atoms with Crippen LogP contribution in [-0.4, -0.2) is 28.9 Å². The highest BCUT2D eigenvalue weighted by Gasteiger charge is 2.21. The molecule has 0 fully saturated rings. The fourth-order valence-electron chi connectivity index (χ4n) is 1.99. The summed E-state index contributed by atoms with van der Waals surface area (Å²) in [5.74, 6) is -1.52. The van der Waals surface area contributed by atoms with Crippen LogP contribution in [0.3, 0.4) is 0 Å². The van der Waals surface area contributed by atoms with Gasteiger partial charge in [0.15, 0.2) is 0 Å². The second-order valence-corrected chi connectivity index (χ2v) is 11.5. The maximum Gasteiger partial charge on any atom is 0.305 e. The first kappa shape index (κ1) is 17.7.